The van der Waals surface area contributed by atoms with Gasteiger partial charge in [0.15, 0.2) is 0 Å². The standard InChI is InChI=1S/C29H19Cl2F4N5O4/c30-17-4-1-16(2-5-17)3-10-26(41)39-40-27(42)25-15-20(11-12-36-25)44-19-7-9-24(23(32)14-19)38-28(43)37-18-6-8-22(31)21(13-18)29(33,34)35/h1-15H,(H,39,41)(H,40,42)(H2,37,38,43). The first-order valence-corrected chi connectivity index (χ1v) is 13.0. The molecule has 1 heterocycles. The lowest BCUT2D eigenvalue weighted by molar-refractivity contribution is -0.137. The van der Waals surface area contributed by atoms with Crippen LogP contribution in [0.4, 0.5) is 33.7 Å². The molecule has 44 heavy (non-hydrogen) atoms. The number of benzene rings is 3. The first-order chi connectivity index (χ1) is 20.9. The van der Waals surface area contributed by atoms with Gasteiger partial charge in [-0.05, 0) is 60.2 Å². The first-order valence-electron chi connectivity index (χ1n) is 12.3. The third kappa shape index (κ3) is 8.93. The van der Waals surface area contributed by atoms with Crippen LogP contribution < -0.4 is 26.2 Å². The van der Waals surface area contributed by atoms with Crippen LogP contribution in [-0.4, -0.2) is 22.8 Å². The van der Waals surface area contributed by atoms with Gasteiger partial charge in [-0.25, -0.2) is 9.18 Å². The van der Waals surface area contributed by atoms with E-state index in [1.165, 1.54) is 36.5 Å². The molecule has 9 nitrogen and oxygen atoms in total. The second kappa shape index (κ2) is 13.9. The van der Waals surface area contributed by atoms with Gasteiger partial charge in [0.05, 0.1) is 16.3 Å². The fourth-order valence-corrected chi connectivity index (χ4v) is 3.82. The van der Waals surface area contributed by atoms with Gasteiger partial charge in [0.2, 0.25) is 0 Å². The molecule has 4 amide bonds. The second-order valence-corrected chi connectivity index (χ2v) is 9.56. The molecule has 0 saturated heterocycles. The van der Waals surface area contributed by atoms with Crippen LogP contribution in [0.1, 0.15) is 21.6 Å². The van der Waals surface area contributed by atoms with Crippen molar-refractivity contribution >= 4 is 58.5 Å². The minimum absolute atomic E-state index is 0.0147. The van der Waals surface area contributed by atoms with E-state index >= 15 is 0 Å². The summed E-state index contributed by atoms with van der Waals surface area (Å²) in [5, 5.41) is 4.36. The van der Waals surface area contributed by atoms with Gasteiger partial charge in [-0.2, -0.15) is 13.2 Å². The highest BCUT2D eigenvalue weighted by atomic mass is 35.5. The molecule has 0 aliphatic carbocycles. The number of nitrogens with one attached hydrogen (secondary N) is 4. The number of nitrogens with zero attached hydrogens (tertiary/aromatic N) is 1. The number of anilines is 2. The monoisotopic (exact) mass is 647 g/mol. The zero-order valence-electron chi connectivity index (χ0n) is 22.0. The maximum absolute atomic E-state index is 14.7. The maximum Gasteiger partial charge on any atom is 0.417 e. The Hall–Kier alpha value is -5.14. The van der Waals surface area contributed by atoms with Crippen LogP contribution in [0.5, 0.6) is 11.5 Å². The number of pyridine rings is 1. The van der Waals surface area contributed by atoms with Gasteiger partial charge in [0, 0.05) is 35.1 Å². The third-order valence-corrected chi connectivity index (χ3v) is 6.10. The number of carbonyl (C=O) groups is 3. The molecule has 15 heteroatoms. The highest BCUT2D eigenvalue weighted by Crippen LogP contribution is 2.36. The Kier molecular flexibility index (Phi) is 10.0. The molecule has 0 aliphatic rings. The van der Waals surface area contributed by atoms with Gasteiger partial charge in [-0.15, -0.1) is 0 Å². The zero-order chi connectivity index (χ0) is 31.9. The zero-order valence-corrected chi connectivity index (χ0v) is 23.5. The van der Waals surface area contributed by atoms with Gasteiger partial charge in [0.25, 0.3) is 11.8 Å². The number of hydrogen-bond donors (Lipinski definition) is 4. The molecular formula is C29H19Cl2F4N5O4. The van der Waals surface area contributed by atoms with Crippen LogP contribution >= 0.6 is 23.2 Å². The van der Waals surface area contributed by atoms with Crippen molar-refractivity contribution in [1.29, 1.82) is 0 Å². The molecule has 3 aromatic carbocycles. The molecule has 0 radical (unpaired) electrons. The summed E-state index contributed by atoms with van der Waals surface area (Å²) >= 11 is 11.4. The van der Waals surface area contributed by atoms with E-state index in [4.69, 9.17) is 27.9 Å². The van der Waals surface area contributed by atoms with Crippen LogP contribution in [0.15, 0.2) is 85.1 Å². The van der Waals surface area contributed by atoms with Gasteiger partial charge < -0.3 is 15.4 Å². The fourth-order valence-electron chi connectivity index (χ4n) is 3.47. The third-order valence-electron chi connectivity index (χ3n) is 5.51. The largest absolute Gasteiger partial charge is 0.457 e. The van der Waals surface area contributed by atoms with E-state index in [1.54, 1.807) is 24.3 Å². The predicted octanol–water partition coefficient (Wildman–Crippen LogP) is 7.46. The van der Waals surface area contributed by atoms with Crippen molar-refractivity contribution in [3.05, 3.63) is 118 Å². The minimum atomic E-state index is -4.74. The van der Waals surface area contributed by atoms with E-state index < -0.39 is 40.4 Å². The molecule has 4 N–H and O–H groups in total. The molecule has 0 fully saturated rings. The first kappa shape index (κ1) is 31.8. The van der Waals surface area contributed by atoms with E-state index in [-0.39, 0.29) is 28.6 Å². The molecule has 0 unspecified atom stereocenters. The van der Waals surface area contributed by atoms with Gasteiger partial charge >= 0.3 is 12.2 Å². The van der Waals surface area contributed by atoms with E-state index in [0.717, 1.165) is 24.3 Å². The summed E-state index contributed by atoms with van der Waals surface area (Å²) in [4.78, 5) is 40.6. The Bertz CT molecular complexity index is 1730. The van der Waals surface area contributed by atoms with Crippen LogP contribution in [0, 0.1) is 5.82 Å². The number of alkyl halides is 3. The number of aromatic nitrogens is 1. The Morgan fingerprint density at radius 3 is 2.27 bits per heavy atom. The van der Waals surface area contributed by atoms with Crippen molar-refractivity contribution in [3.63, 3.8) is 0 Å². The molecule has 0 bridgehead atoms. The summed E-state index contributed by atoms with van der Waals surface area (Å²) in [6.07, 6.45) is -0.763. The van der Waals surface area contributed by atoms with Crippen molar-refractivity contribution in [3.8, 4) is 11.5 Å². The normalized spacial score (nSPS) is 11.1. The Labute approximate surface area is 256 Å². The van der Waals surface area contributed by atoms with Crippen molar-refractivity contribution in [1.82, 2.24) is 15.8 Å². The molecule has 4 aromatic rings. The van der Waals surface area contributed by atoms with Crippen molar-refractivity contribution in [2.75, 3.05) is 10.6 Å². The van der Waals surface area contributed by atoms with Crippen LogP contribution in [0.25, 0.3) is 6.08 Å². The SMILES string of the molecule is O=C(C=Cc1ccc(Cl)cc1)NNC(=O)c1cc(Oc2ccc(NC(=O)Nc3ccc(Cl)c(C(F)(F)F)c3)c(F)c2)ccn1. The summed E-state index contributed by atoms with van der Waals surface area (Å²) in [6.45, 7) is 0. The van der Waals surface area contributed by atoms with E-state index in [0.29, 0.717) is 16.7 Å². The Morgan fingerprint density at radius 1 is 0.841 bits per heavy atom. The van der Waals surface area contributed by atoms with Crippen molar-refractivity contribution in [2.45, 2.75) is 6.18 Å². The Balaban J connectivity index is 1.32. The maximum atomic E-state index is 14.7. The van der Waals surface area contributed by atoms with Crippen molar-refractivity contribution < 1.29 is 36.7 Å². The van der Waals surface area contributed by atoms with E-state index in [1.807, 2.05) is 0 Å². The number of hydrogen-bond acceptors (Lipinski definition) is 5. The summed E-state index contributed by atoms with van der Waals surface area (Å²) in [5.74, 6) is -2.22. The number of hydrazine groups is 1. The van der Waals surface area contributed by atoms with Crippen LogP contribution in [-0.2, 0) is 11.0 Å². The quantitative estimate of drug-likeness (QED) is 0.0943. The molecular weight excluding hydrogens is 629 g/mol. The fraction of sp³-hybridized carbons (Fsp3) is 0.0345. The summed E-state index contributed by atoms with van der Waals surface area (Å²) in [7, 11) is 0. The van der Waals surface area contributed by atoms with E-state index in [9.17, 15) is 31.9 Å². The highest BCUT2D eigenvalue weighted by molar-refractivity contribution is 6.31. The number of ether oxygens (including phenoxy) is 1. The van der Waals surface area contributed by atoms with Gasteiger partial charge in [-0.3, -0.25) is 25.4 Å². The average molecular weight is 648 g/mol. The number of rotatable bonds is 7. The minimum Gasteiger partial charge on any atom is -0.457 e. The predicted molar refractivity (Wildman–Crippen MR) is 156 cm³/mol. The highest BCUT2D eigenvalue weighted by Gasteiger charge is 2.33. The molecule has 0 spiro atoms. The average Bonchev–Trinajstić information content (AvgIpc) is 2.97. The molecule has 4 rings (SSSR count). The number of halogens is 6. The molecule has 1 aromatic heterocycles. The van der Waals surface area contributed by atoms with Crippen LogP contribution in [0.2, 0.25) is 10.0 Å². The van der Waals surface area contributed by atoms with Gasteiger partial charge in [-0.1, -0.05) is 35.3 Å². The lowest BCUT2D eigenvalue weighted by Gasteiger charge is -2.13. The number of carbonyl (C=O) groups excluding carboxylic acids is 3. The topological polar surface area (TPSA) is 121 Å². The molecule has 226 valence electrons. The van der Waals surface area contributed by atoms with Crippen LogP contribution in [0.3, 0.4) is 0 Å². The smallest absolute Gasteiger partial charge is 0.417 e. The number of amides is 4. The molecule has 0 atom stereocenters. The van der Waals surface area contributed by atoms with Gasteiger partial charge in [0.1, 0.15) is 23.0 Å². The number of urea groups is 1. The molecule has 0 aliphatic heterocycles. The lowest BCUT2D eigenvalue weighted by Crippen LogP contribution is -2.41. The molecule has 0 saturated carbocycles. The lowest BCUT2D eigenvalue weighted by atomic mass is 10.2. The second-order valence-electron chi connectivity index (χ2n) is 8.72. The summed E-state index contributed by atoms with van der Waals surface area (Å²) in [6, 6.07) is 14.5. The summed E-state index contributed by atoms with van der Waals surface area (Å²) in [5.41, 5.74) is 3.34. The van der Waals surface area contributed by atoms with E-state index in [2.05, 4.69) is 26.5 Å². The Morgan fingerprint density at radius 2 is 1.57 bits per heavy atom. The summed E-state index contributed by atoms with van der Waals surface area (Å²) < 4.78 is 59.4. The van der Waals surface area contributed by atoms with Crippen molar-refractivity contribution in [2.24, 2.45) is 0 Å².